The highest BCUT2D eigenvalue weighted by Gasteiger charge is 2.11. The molecule has 15 heavy (non-hydrogen) atoms. The third-order valence-electron chi connectivity index (χ3n) is 1.99. The average Bonchev–Trinajstić information content (AvgIpc) is 2.21. The van der Waals surface area contributed by atoms with Gasteiger partial charge in [0.05, 0.1) is 10.9 Å². The van der Waals surface area contributed by atoms with E-state index in [1.165, 1.54) is 18.2 Å². The van der Waals surface area contributed by atoms with Crippen molar-refractivity contribution < 1.29 is 14.0 Å². The molecule has 0 atom stereocenters. The van der Waals surface area contributed by atoms with Gasteiger partial charge in [0.25, 0.3) is 0 Å². The van der Waals surface area contributed by atoms with E-state index in [1.54, 1.807) is 6.92 Å². The number of Topliss-reactive ketones (excluding diaryl/α,β-unsaturated/α-hetero) is 2. The molecule has 1 aromatic rings. The Balaban J connectivity index is 2.83. The zero-order valence-electron chi connectivity index (χ0n) is 8.22. The molecule has 0 N–H and O–H groups in total. The van der Waals surface area contributed by atoms with E-state index in [2.05, 4.69) is 15.9 Å². The van der Waals surface area contributed by atoms with Crippen molar-refractivity contribution in [2.24, 2.45) is 0 Å². The monoisotopic (exact) mass is 272 g/mol. The summed E-state index contributed by atoms with van der Waals surface area (Å²) in [4.78, 5) is 22.6. The Labute approximate surface area is 95.6 Å². The lowest BCUT2D eigenvalue weighted by atomic mass is 10.1. The molecular weight excluding hydrogens is 263 g/mol. The third kappa shape index (κ3) is 3.23. The van der Waals surface area contributed by atoms with Crippen LogP contribution in [0.3, 0.4) is 0 Å². The highest BCUT2D eigenvalue weighted by Crippen LogP contribution is 2.17. The van der Waals surface area contributed by atoms with Gasteiger partial charge >= 0.3 is 0 Å². The van der Waals surface area contributed by atoms with Gasteiger partial charge in [-0.3, -0.25) is 9.59 Å². The fourth-order valence-electron chi connectivity index (χ4n) is 1.08. The van der Waals surface area contributed by atoms with Crippen LogP contribution in [0.2, 0.25) is 0 Å². The Kier molecular flexibility index (Phi) is 4.15. The number of hydrogen-bond acceptors (Lipinski definition) is 2. The lowest BCUT2D eigenvalue weighted by Gasteiger charge is -2.01. The molecule has 0 amide bonds. The molecule has 1 aromatic carbocycles. The molecule has 1 rings (SSSR count). The van der Waals surface area contributed by atoms with Crippen molar-refractivity contribution in [1.82, 2.24) is 0 Å². The van der Waals surface area contributed by atoms with E-state index in [9.17, 15) is 14.0 Å². The van der Waals surface area contributed by atoms with E-state index in [1.807, 2.05) is 0 Å². The molecule has 0 aliphatic rings. The van der Waals surface area contributed by atoms with Gasteiger partial charge in [0.2, 0.25) is 0 Å². The first-order valence-electron chi connectivity index (χ1n) is 4.54. The van der Waals surface area contributed by atoms with Gasteiger partial charge in [0.1, 0.15) is 11.6 Å². The van der Waals surface area contributed by atoms with Crippen LogP contribution < -0.4 is 0 Å². The molecule has 4 heteroatoms. The van der Waals surface area contributed by atoms with Crippen LogP contribution in [0.1, 0.15) is 30.1 Å². The van der Waals surface area contributed by atoms with Crippen molar-refractivity contribution in [3.05, 3.63) is 34.1 Å². The van der Waals surface area contributed by atoms with E-state index in [0.717, 1.165) is 0 Å². The number of ketones is 2. The van der Waals surface area contributed by atoms with Gasteiger partial charge in [-0.1, -0.05) is 6.92 Å². The average molecular weight is 273 g/mol. The van der Waals surface area contributed by atoms with Gasteiger partial charge in [0, 0.05) is 12.0 Å². The molecule has 0 spiro atoms. The van der Waals surface area contributed by atoms with Crippen molar-refractivity contribution >= 4 is 27.5 Å². The lowest BCUT2D eigenvalue weighted by molar-refractivity contribution is -0.117. The van der Waals surface area contributed by atoms with Crippen molar-refractivity contribution in [2.45, 2.75) is 19.8 Å². The summed E-state index contributed by atoms with van der Waals surface area (Å²) >= 11 is 2.99. The molecule has 0 aromatic heterocycles. The van der Waals surface area contributed by atoms with E-state index in [4.69, 9.17) is 0 Å². The number of carbonyl (C=O) groups is 2. The molecule has 0 saturated carbocycles. The standard InChI is InChI=1S/C11H10BrFO2/c1-2-8(14)6-11(15)7-3-4-10(13)9(12)5-7/h3-5H,2,6H2,1H3. The summed E-state index contributed by atoms with van der Waals surface area (Å²) in [5.41, 5.74) is 0.352. The minimum absolute atomic E-state index is 0.111. The molecule has 0 aliphatic heterocycles. The summed E-state index contributed by atoms with van der Waals surface area (Å²) in [5.74, 6) is -0.809. The maximum absolute atomic E-state index is 12.9. The van der Waals surface area contributed by atoms with Crippen LogP contribution in [0.4, 0.5) is 4.39 Å². The first kappa shape index (κ1) is 12.0. The first-order valence-corrected chi connectivity index (χ1v) is 5.34. The van der Waals surface area contributed by atoms with Crippen molar-refractivity contribution in [2.75, 3.05) is 0 Å². The Hall–Kier alpha value is -1.03. The molecule has 0 heterocycles. The van der Waals surface area contributed by atoms with E-state index < -0.39 is 5.82 Å². The molecule has 80 valence electrons. The first-order chi connectivity index (χ1) is 7.04. The summed E-state index contributed by atoms with van der Waals surface area (Å²) in [6, 6.07) is 3.97. The smallest absolute Gasteiger partial charge is 0.170 e. The maximum atomic E-state index is 12.9. The summed E-state index contributed by atoms with van der Waals surface area (Å²) in [6.07, 6.45) is 0.225. The second-order valence-electron chi connectivity index (χ2n) is 3.12. The largest absolute Gasteiger partial charge is 0.299 e. The number of benzene rings is 1. The van der Waals surface area contributed by atoms with Gasteiger partial charge in [-0.15, -0.1) is 0 Å². The summed E-state index contributed by atoms with van der Waals surface area (Å²) < 4.78 is 13.1. The number of hydrogen-bond donors (Lipinski definition) is 0. The molecule has 0 bridgehead atoms. The van der Waals surface area contributed by atoms with Crippen LogP contribution >= 0.6 is 15.9 Å². The highest BCUT2D eigenvalue weighted by molar-refractivity contribution is 9.10. The Bertz CT molecular complexity index is 402. The second kappa shape index (κ2) is 5.16. The third-order valence-corrected chi connectivity index (χ3v) is 2.60. The van der Waals surface area contributed by atoms with Crippen LogP contribution in [0.25, 0.3) is 0 Å². The summed E-state index contributed by atoms with van der Waals surface area (Å²) in [7, 11) is 0. The maximum Gasteiger partial charge on any atom is 0.170 e. The normalized spacial score (nSPS) is 10.1. The zero-order chi connectivity index (χ0) is 11.4. The fraction of sp³-hybridized carbons (Fsp3) is 0.273. The van der Waals surface area contributed by atoms with E-state index in [-0.39, 0.29) is 22.5 Å². The van der Waals surface area contributed by atoms with Gasteiger partial charge in [0.15, 0.2) is 5.78 Å². The van der Waals surface area contributed by atoms with Crippen molar-refractivity contribution in [3.8, 4) is 0 Å². The quantitative estimate of drug-likeness (QED) is 0.623. The Morgan fingerprint density at radius 2 is 2.07 bits per heavy atom. The SMILES string of the molecule is CCC(=O)CC(=O)c1ccc(F)c(Br)c1. The van der Waals surface area contributed by atoms with Crippen molar-refractivity contribution in [1.29, 1.82) is 0 Å². The molecule has 0 saturated heterocycles. The van der Waals surface area contributed by atoms with Crippen LogP contribution in [0.5, 0.6) is 0 Å². The number of rotatable bonds is 4. The van der Waals surface area contributed by atoms with Crippen LogP contribution in [-0.2, 0) is 4.79 Å². The molecule has 2 nitrogen and oxygen atoms in total. The van der Waals surface area contributed by atoms with Gasteiger partial charge in [-0.2, -0.15) is 0 Å². The van der Waals surface area contributed by atoms with Gasteiger partial charge in [-0.25, -0.2) is 4.39 Å². The number of halogens is 2. The van der Waals surface area contributed by atoms with E-state index >= 15 is 0 Å². The predicted octanol–water partition coefficient (Wildman–Crippen LogP) is 3.14. The van der Waals surface area contributed by atoms with Gasteiger partial charge < -0.3 is 0 Å². The van der Waals surface area contributed by atoms with Crippen molar-refractivity contribution in [3.63, 3.8) is 0 Å². The summed E-state index contributed by atoms with van der Waals surface area (Å²) in [6.45, 7) is 1.70. The summed E-state index contributed by atoms with van der Waals surface area (Å²) in [5, 5.41) is 0. The molecule has 0 unspecified atom stereocenters. The highest BCUT2D eigenvalue weighted by atomic mass is 79.9. The van der Waals surface area contributed by atoms with Crippen LogP contribution in [0, 0.1) is 5.82 Å². The predicted molar refractivity (Wildman–Crippen MR) is 58.3 cm³/mol. The molecule has 0 aliphatic carbocycles. The Morgan fingerprint density at radius 1 is 1.40 bits per heavy atom. The Morgan fingerprint density at radius 3 is 2.60 bits per heavy atom. The second-order valence-corrected chi connectivity index (χ2v) is 3.98. The minimum atomic E-state index is -0.423. The fourth-order valence-corrected chi connectivity index (χ4v) is 1.45. The molecular formula is C11H10BrFO2. The van der Waals surface area contributed by atoms with Crippen LogP contribution in [-0.4, -0.2) is 11.6 Å². The zero-order valence-corrected chi connectivity index (χ0v) is 9.80. The molecule has 0 radical (unpaired) electrons. The molecule has 0 fully saturated rings. The van der Waals surface area contributed by atoms with Crippen LogP contribution in [0.15, 0.2) is 22.7 Å². The topological polar surface area (TPSA) is 34.1 Å². The van der Waals surface area contributed by atoms with E-state index in [0.29, 0.717) is 12.0 Å². The number of carbonyl (C=O) groups excluding carboxylic acids is 2. The van der Waals surface area contributed by atoms with Gasteiger partial charge in [-0.05, 0) is 34.1 Å². The lowest BCUT2D eigenvalue weighted by Crippen LogP contribution is -2.07. The minimum Gasteiger partial charge on any atom is -0.299 e.